The van der Waals surface area contributed by atoms with Crippen molar-refractivity contribution in [2.45, 2.75) is 39.3 Å². The van der Waals surface area contributed by atoms with Crippen LogP contribution in [0, 0.1) is 5.92 Å². The molecule has 0 bridgehead atoms. The van der Waals surface area contributed by atoms with Crippen molar-refractivity contribution in [2.24, 2.45) is 5.92 Å². The van der Waals surface area contributed by atoms with E-state index in [0.29, 0.717) is 25.5 Å². The molecule has 0 radical (unpaired) electrons. The van der Waals surface area contributed by atoms with Crippen LogP contribution in [0.1, 0.15) is 27.2 Å². The SMILES string of the molecule is CC(O)CCN1C(=O)OCC1C(C)C. The summed E-state index contributed by atoms with van der Waals surface area (Å²) in [5, 5.41) is 9.15. The summed E-state index contributed by atoms with van der Waals surface area (Å²) in [6.45, 7) is 6.94. The molecule has 1 amide bonds. The van der Waals surface area contributed by atoms with Crippen LogP contribution in [-0.2, 0) is 4.74 Å². The van der Waals surface area contributed by atoms with Gasteiger partial charge in [-0.3, -0.25) is 0 Å². The Morgan fingerprint density at radius 2 is 2.21 bits per heavy atom. The third kappa shape index (κ3) is 2.61. The first kappa shape index (κ1) is 11.3. The van der Waals surface area contributed by atoms with Crippen LogP contribution in [0.3, 0.4) is 0 Å². The lowest BCUT2D eigenvalue weighted by Gasteiger charge is -2.24. The number of rotatable bonds is 4. The van der Waals surface area contributed by atoms with Crippen LogP contribution in [0.25, 0.3) is 0 Å². The summed E-state index contributed by atoms with van der Waals surface area (Å²) < 4.78 is 4.98. The molecule has 0 spiro atoms. The van der Waals surface area contributed by atoms with Crippen molar-refractivity contribution >= 4 is 6.09 Å². The molecule has 0 aromatic rings. The monoisotopic (exact) mass is 201 g/mol. The van der Waals surface area contributed by atoms with Gasteiger partial charge in [-0.1, -0.05) is 13.8 Å². The fourth-order valence-corrected chi connectivity index (χ4v) is 1.60. The number of cyclic esters (lactones) is 1. The van der Waals surface area contributed by atoms with Crippen molar-refractivity contribution in [3.8, 4) is 0 Å². The van der Waals surface area contributed by atoms with Gasteiger partial charge < -0.3 is 14.7 Å². The predicted octanol–water partition coefficient (Wildman–Crippen LogP) is 1.23. The minimum absolute atomic E-state index is 0.168. The van der Waals surface area contributed by atoms with E-state index in [1.807, 2.05) is 0 Å². The average Bonchev–Trinajstić information content (AvgIpc) is 2.43. The first-order valence-corrected chi connectivity index (χ1v) is 5.14. The third-order valence-electron chi connectivity index (χ3n) is 2.57. The first-order valence-electron chi connectivity index (χ1n) is 5.14. The fraction of sp³-hybridized carbons (Fsp3) is 0.900. The van der Waals surface area contributed by atoms with Gasteiger partial charge in [0.05, 0.1) is 12.1 Å². The molecule has 1 fully saturated rings. The highest BCUT2D eigenvalue weighted by molar-refractivity contribution is 5.70. The molecule has 0 saturated carbocycles. The van der Waals surface area contributed by atoms with Crippen molar-refractivity contribution in [1.29, 1.82) is 0 Å². The van der Waals surface area contributed by atoms with Gasteiger partial charge in [0.2, 0.25) is 0 Å². The topological polar surface area (TPSA) is 49.8 Å². The molecule has 0 aromatic carbocycles. The van der Waals surface area contributed by atoms with Crippen LogP contribution < -0.4 is 0 Å². The molecule has 0 aromatic heterocycles. The molecule has 1 aliphatic heterocycles. The van der Waals surface area contributed by atoms with E-state index in [1.165, 1.54) is 0 Å². The molecular formula is C10H19NO3. The molecule has 4 heteroatoms. The number of hydrogen-bond donors (Lipinski definition) is 1. The number of hydrogen-bond acceptors (Lipinski definition) is 3. The molecule has 1 heterocycles. The van der Waals surface area contributed by atoms with E-state index in [4.69, 9.17) is 9.84 Å². The van der Waals surface area contributed by atoms with E-state index in [1.54, 1.807) is 11.8 Å². The van der Waals surface area contributed by atoms with Crippen LogP contribution in [-0.4, -0.2) is 41.4 Å². The van der Waals surface area contributed by atoms with Gasteiger partial charge in [0.25, 0.3) is 0 Å². The Morgan fingerprint density at radius 3 is 2.71 bits per heavy atom. The maximum Gasteiger partial charge on any atom is 0.410 e. The van der Waals surface area contributed by atoms with E-state index in [2.05, 4.69) is 13.8 Å². The van der Waals surface area contributed by atoms with Crippen LogP contribution in [0.5, 0.6) is 0 Å². The van der Waals surface area contributed by atoms with E-state index < -0.39 is 0 Å². The first-order chi connectivity index (χ1) is 6.52. The number of aliphatic hydroxyl groups excluding tert-OH is 1. The van der Waals surface area contributed by atoms with E-state index >= 15 is 0 Å². The van der Waals surface area contributed by atoms with Crippen molar-refractivity contribution in [2.75, 3.05) is 13.2 Å². The Balaban J connectivity index is 2.49. The second-order valence-electron chi connectivity index (χ2n) is 4.22. The number of aliphatic hydroxyl groups is 1. The molecule has 0 aliphatic carbocycles. The van der Waals surface area contributed by atoms with Crippen LogP contribution in [0.2, 0.25) is 0 Å². The van der Waals surface area contributed by atoms with Gasteiger partial charge >= 0.3 is 6.09 Å². The molecule has 2 unspecified atom stereocenters. The number of ether oxygens (including phenoxy) is 1. The zero-order valence-electron chi connectivity index (χ0n) is 9.06. The molecule has 2 atom stereocenters. The van der Waals surface area contributed by atoms with Crippen LogP contribution in [0.15, 0.2) is 0 Å². The van der Waals surface area contributed by atoms with Crippen molar-refractivity contribution in [1.82, 2.24) is 4.90 Å². The number of carbonyl (C=O) groups is 1. The Morgan fingerprint density at radius 1 is 1.57 bits per heavy atom. The minimum atomic E-state index is -0.365. The number of amides is 1. The molecule has 4 nitrogen and oxygen atoms in total. The normalized spacial score (nSPS) is 24.2. The lowest BCUT2D eigenvalue weighted by molar-refractivity contribution is 0.138. The Hall–Kier alpha value is -0.770. The van der Waals surface area contributed by atoms with Gasteiger partial charge in [-0.25, -0.2) is 4.79 Å². The lowest BCUT2D eigenvalue weighted by Crippen LogP contribution is -2.38. The van der Waals surface area contributed by atoms with Gasteiger partial charge in [0.1, 0.15) is 6.61 Å². The largest absolute Gasteiger partial charge is 0.447 e. The standard InChI is InChI=1S/C10H19NO3/c1-7(2)9-6-14-10(13)11(9)5-4-8(3)12/h7-9,12H,4-6H2,1-3H3. The summed E-state index contributed by atoms with van der Waals surface area (Å²) in [5.74, 6) is 0.399. The predicted molar refractivity (Wildman–Crippen MR) is 53.0 cm³/mol. The molecule has 1 aliphatic rings. The fourth-order valence-electron chi connectivity index (χ4n) is 1.60. The van der Waals surface area contributed by atoms with E-state index in [9.17, 15) is 4.79 Å². The van der Waals surface area contributed by atoms with Gasteiger partial charge in [0, 0.05) is 6.54 Å². The number of carbonyl (C=O) groups excluding carboxylic acids is 1. The average molecular weight is 201 g/mol. The smallest absolute Gasteiger partial charge is 0.410 e. The summed E-state index contributed by atoms with van der Waals surface area (Å²) >= 11 is 0. The van der Waals surface area contributed by atoms with E-state index in [0.717, 1.165) is 0 Å². The summed E-state index contributed by atoms with van der Waals surface area (Å²) in [4.78, 5) is 13.0. The van der Waals surface area contributed by atoms with Gasteiger partial charge in [0.15, 0.2) is 0 Å². The van der Waals surface area contributed by atoms with Gasteiger partial charge in [-0.15, -0.1) is 0 Å². The Bertz CT molecular complexity index is 204. The summed E-state index contributed by atoms with van der Waals surface area (Å²) in [6, 6.07) is 0.168. The summed E-state index contributed by atoms with van der Waals surface area (Å²) in [5.41, 5.74) is 0. The highest BCUT2D eigenvalue weighted by atomic mass is 16.6. The quantitative estimate of drug-likeness (QED) is 0.744. The minimum Gasteiger partial charge on any atom is -0.447 e. The maximum absolute atomic E-state index is 11.3. The van der Waals surface area contributed by atoms with Gasteiger partial charge in [-0.05, 0) is 19.3 Å². The lowest BCUT2D eigenvalue weighted by atomic mass is 10.0. The highest BCUT2D eigenvalue weighted by Gasteiger charge is 2.34. The zero-order chi connectivity index (χ0) is 10.7. The van der Waals surface area contributed by atoms with Crippen molar-refractivity contribution < 1.29 is 14.6 Å². The summed E-state index contributed by atoms with van der Waals surface area (Å²) in [7, 11) is 0. The molecule has 82 valence electrons. The van der Waals surface area contributed by atoms with Crippen molar-refractivity contribution in [3.63, 3.8) is 0 Å². The molecule has 1 rings (SSSR count). The summed E-state index contributed by atoms with van der Waals surface area (Å²) in [6.07, 6.45) is -0.00115. The van der Waals surface area contributed by atoms with Crippen LogP contribution in [0.4, 0.5) is 4.79 Å². The third-order valence-corrected chi connectivity index (χ3v) is 2.57. The maximum atomic E-state index is 11.3. The van der Waals surface area contributed by atoms with Gasteiger partial charge in [-0.2, -0.15) is 0 Å². The second-order valence-corrected chi connectivity index (χ2v) is 4.22. The second kappa shape index (κ2) is 4.64. The Kier molecular flexibility index (Phi) is 3.75. The van der Waals surface area contributed by atoms with Crippen LogP contribution >= 0.6 is 0 Å². The molecule has 1 saturated heterocycles. The molecular weight excluding hydrogens is 182 g/mol. The molecule has 1 N–H and O–H groups in total. The van der Waals surface area contributed by atoms with Crippen molar-refractivity contribution in [3.05, 3.63) is 0 Å². The Labute approximate surface area is 84.8 Å². The number of nitrogens with zero attached hydrogens (tertiary/aromatic N) is 1. The zero-order valence-corrected chi connectivity index (χ0v) is 9.06. The highest BCUT2D eigenvalue weighted by Crippen LogP contribution is 2.19. The van der Waals surface area contributed by atoms with E-state index in [-0.39, 0.29) is 18.2 Å². The molecule has 14 heavy (non-hydrogen) atoms.